The third kappa shape index (κ3) is 3.70. The van der Waals surface area contributed by atoms with Gasteiger partial charge < -0.3 is 0 Å². The molecule has 26 heavy (non-hydrogen) atoms. The molecule has 0 saturated heterocycles. The fourth-order valence-corrected chi connectivity index (χ4v) is 3.73. The SMILES string of the molecule is Cc1ccc(-c2c(Sc3ccccc3)nnn2Cc2ccccc2)cc1. The van der Waals surface area contributed by atoms with Gasteiger partial charge in [0, 0.05) is 10.5 Å². The van der Waals surface area contributed by atoms with Crippen molar-refractivity contribution in [3.05, 3.63) is 96.1 Å². The van der Waals surface area contributed by atoms with Crippen molar-refractivity contribution in [3.8, 4) is 11.3 Å². The highest BCUT2D eigenvalue weighted by Crippen LogP contribution is 2.34. The van der Waals surface area contributed by atoms with E-state index in [2.05, 4.69) is 77.9 Å². The molecule has 0 saturated carbocycles. The standard InChI is InChI=1S/C22H19N3S/c1-17-12-14-19(15-13-17)21-22(26-20-10-6-3-7-11-20)23-24-25(21)16-18-8-4-2-5-9-18/h2-15H,16H2,1H3. The second-order valence-electron chi connectivity index (χ2n) is 6.17. The molecule has 0 amide bonds. The van der Waals surface area contributed by atoms with Gasteiger partial charge in [0.15, 0.2) is 5.03 Å². The van der Waals surface area contributed by atoms with Crippen LogP contribution in [0.2, 0.25) is 0 Å². The summed E-state index contributed by atoms with van der Waals surface area (Å²) in [6.45, 7) is 2.80. The Bertz CT molecular complexity index is 918. The first-order valence-electron chi connectivity index (χ1n) is 8.57. The second-order valence-corrected chi connectivity index (χ2v) is 7.23. The van der Waals surface area contributed by atoms with E-state index in [1.54, 1.807) is 11.8 Å². The molecular formula is C22H19N3S. The van der Waals surface area contributed by atoms with E-state index in [4.69, 9.17) is 0 Å². The molecule has 0 N–H and O–H groups in total. The minimum Gasteiger partial charge on any atom is -0.239 e. The maximum absolute atomic E-state index is 4.48. The number of benzene rings is 3. The lowest BCUT2D eigenvalue weighted by molar-refractivity contribution is 0.654. The molecule has 0 radical (unpaired) electrons. The zero-order valence-corrected chi connectivity index (χ0v) is 15.4. The van der Waals surface area contributed by atoms with E-state index in [0.29, 0.717) is 6.54 Å². The summed E-state index contributed by atoms with van der Waals surface area (Å²) < 4.78 is 1.99. The van der Waals surface area contributed by atoms with Gasteiger partial charge in [-0.15, -0.1) is 5.10 Å². The molecule has 4 heteroatoms. The highest BCUT2D eigenvalue weighted by atomic mass is 32.2. The Kier molecular flexibility index (Phi) is 4.84. The summed E-state index contributed by atoms with van der Waals surface area (Å²) in [5, 5.41) is 9.86. The van der Waals surface area contributed by atoms with E-state index in [1.807, 2.05) is 28.9 Å². The molecule has 0 fully saturated rings. The zero-order valence-electron chi connectivity index (χ0n) is 14.5. The number of hydrogen-bond donors (Lipinski definition) is 0. The van der Waals surface area contributed by atoms with Gasteiger partial charge in [0.25, 0.3) is 0 Å². The molecule has 0 bridgehead atoms. The molecular weight excluding hydrogens is 338 g/mol. The third-order valence-electron chi connectivity index (χ3n) is 4.16. The van der Waals surface area contributed by atoms with Crippen LogP contribution in [0.5, 0.6) is 0 Å². The summed E-state index contributed by atoms with van der Waals surface area (Å²) in [5.41, 5.74) is 4.65. The number of aromatic nitrogens is 3. The average molecular weight is 357 g/mol. The van der Waals surface area contributed by atoms with Crippen molar-refractivity contribution in [2.24, 2.45) is 0 Å². The monoisotopic (exact) mass is 357 g/mol. The summed E-state index contributed by atoms with van der Waals surface area (Å²) in [4.78, 5) is 1.16. The number of rotatable bonds is 5. The van der Waals surface area contributed by atoms with Crippen LogP contribution >= 0.6 is 11.8 Å². The average Bonchev–Trinajstić information content (AvgIpc) is 3.06. The fourth-order valence-electron chi connectivity index (χ4n) is 2.82. The maximum atomic E-state index is 4.48. The molecule has 3 nitrogen and oxygen atoms in total. The lowest BCUT2D eigenvalue weighted by Gasteiger charge is -2.09. The van der Waals surface area contributed by atoms with Gasteiger partial charge in [0.2, 0.25) is 0 Å². The van der Waals surface area contributed by atoms with Crippen molar-refractivity contribution in [2.75, 3.05) is 0 Å². The predicted octanol–water partition coefficient (Wildman–Crippen LogP) is 5.45. The lowest BCUT2D eigenvalue weighted by Crippen LogP contribution is -2.04. The van der Waals surface area contributed by atoms with E-state index >= 15 is 0 Å². The topological polar surface area (TPSA) is 30.7 Å². The predicted molar refractivity (Wildman–Crippen MR) is 106 cm³/mol. The lowest BCUT2D eigenvalue weighted by atomic mass is 10.1. The van der Waals surface area contributed by atoms with Crippen LogP contribution in [-0.2, 0) is 6.54 Å². The van der Waals surface area contributed by atoms with E-state index in [-0.39, 0.29) is 0 Å². The Labute approximate surface area is 157 Å². The quantitative estimate of drug-likeness (QED) is 0.476. The maximum Gasteiger partial charge on any atom is 0.151 e. The molecule has 0 spiro atoms. The van der Waals surface area contributed by atoms with Gasteiger partial charge in [-0.1, -0.05) is 95.3 Å². The molecule has 0 unspecified atom stereocenters. The van der Waals surface area contributed by atoms with Crippen molar-refractivity contribution in [2.45, 2.75) is 23.4 Å². The Hall–Kier alpha value is -2.85. The van der Waals surface area contributed by atoms with Crippen molar-refractivity contribution in [1.29, 1.82) is 0 Å². The molecule has 1 heterocycles. The van der Waals surface area contributed by atoms with E-state index < -0.39 is 0 Å². The number of hydrogen-bond acceptors (Lipinski definition) is 3. The molecule has 0 atom stereocenters. The Balaban J connectivity index is 1.75. The normalized spacial score (nSPS) is 10.8. The molecule has 4 rings (SSSR count). The first-order chi connectivity index (χ1) is 12.8. The minimum absolute atomic E-state index is 0.701. The largest absolute Gasteiger partial charge is 0.239 e. The second kappa shape index (κ2) is 7.58. The Morgan fingerprint density at radius 1 is 0.808 bits per heavy atom. The molecule has 3 aromatic carbocycles. The van der Waals surface area contributed by atoms with Crippen molar-refractivity contribution in [1.82, 2.24) is 15.0 Å². The summed E-state index contributed by atoms with van der Waals surface area (Å²) in [5.74, 6) is 0. The van der Waals surface area contributed by atoms with Crippen LogP contribution in [-0.4, -0.2) is 15.0 Å². The summed E-state index contributed by atoms with van der Waals surface area (Å²) in [6, 6.07) is 29.2. The molecule has 0 aliphatic rings. The van der Waals surface area contributed by atoms with Gasteiger partial charge in [-0.05, 0) is 24.6 Å². The van der Waals surface area contributed by atoms with Crippen molar-refractivity contribution >= 4 is 11.8 Å². The van der Waals surface area contributed by atoms with Gasteiger partial charge in [-0.3, -0.25) is 0 Å². The third-order valence-corrected chi connectivity index (χ3v) is 5.14. The molecule has 4 aromatic rings. The van der Waals surface area contributed by atoms with Crippen LogP contribution in [0.4, 0.5) is 0 Å². The van der Waals surface area contributed by atoms with Crippen molar-refractivity contribution in [3.63, 3.8) is 0 Å². The fraction of sp³-hybridized carbons (Fsp3) is 0.0909. The first-order valence-corrected chi connectivity index (χ1v) is 9.38. The van der Waals surface area contributed by atoms with Crippen LogP contribution < -0.4 is 0 Å². The van der Waals surface area contributed by atoms with Gasteiger partial charge in [0.05, 0.1) is 6.54 Å². The van der Waals surface area contributed by atoms with Gasteiger partial charge in [-0.2, -0.15) is 0 Å². The van der Waals surface area contributed by atoms with Crippen LogP contribution in [0.15, 0.2) is 94.9 Å². The molecule has 0 aliphatic carbocycles. The van der Waals surface area contributed by atoms with E-state index in [9.17, 15) is 0 Å². The summed E-state index contributed by atoms with van der Waals surface area (Å²) in [7, 11) is 0. The zero-order chi connectivity index (χ0) is 17.8. The van der Waals surface area contributed by atoms with Crippen LogP contribution in [0, 0.1) is 6.92 Å². The van der Waals surface area contributed by atoms with Gasteiger partial charge in [0.1, 0.15) is 5.69 Å². The van der Waals surface area contributed by atoms with E-state index in [0.717, 1.165) is 21.2 Å². The Morgan fingerprint density at radius 3 is 2.15 bits per heavy atom. The smallest absolute Gasteiger partial charge is 0.151 e. The van der Waals surface area contributed by atoms with Crippen molar-refractivity contribution < 1.29 is 0 Å². The first kappa shape index (κ1) is 16.6. The highest BCUT2D eigenvalue weighted by Gasteiger charge is 2.16. The highest BCUT2D eigenvalue weighted by molar-refractivity contribution is 7.99. The molecule has 128 valence electrons. The van der Waals surface area contributed by atoms with Crippen LogP contribution in [0.1, 0.15) is 11.1 Å². The van der Waals surface area contributed by atoms with E-state index in [1.165, 1.54) is 11.1 Å². The summed E-state index contributed by atoms with van der Waals surface area (Å²) >= 11 is 1.65. The molecule has 1 aromatic heterocycles. The van der Waals surface area contributed by atoms with Crippen LogP contribution in [0.3, 0.4) is 0 Å². The van der Waals surface area contributed by atoms with Crippen LogP contribution in [0.25, 0.3) is 11.3 Å². The number of nitrogens with zero attached hydrogens (tertiary/aromatic N) is 3. The van der Waals surface area contributed by atoms with Gasteiger partial charge in [-0.25, -0.2) is 4.68 Å². The van der Waals surface area contributed by atoms with Gasteiger partial charge >= 0.3 is 0 Å². The Morgan fingerprint density at radius 2 is 1.46 bits per heavy atom. The summed E-state index contributed by atoms with van der Waals surface area (Å²) in [6.07, 6.45) is 0. The molecule has 0 aliphatic heterocycles. The number of aryl methyl sites for hydroxylation is 1. The minimum atomic E-state index is 0.701.